The van der Waals surface area contributed by atoms with Crippen molar-refractivity contribution in [1.29, 1.82) is 0 Å². The third-order valence-electron chi connectivity index (χ3n) is 2.47. The van der Waals surface area contributed by atoms with Gasteiger partial charge in [0.15, 0.2) is 11.9 Å². The minimum atomic E-state index is -6.00. The summed E-state index contributed by atoms with van der Waals surface area (Å²) in [5.74, 6) is 0. The molecule has 1 aliphatic rings. The summed E-state index contributed by atoms with van der Waals surface area (Å²) in [6.07, 6.45) is 2.24. The zero-order chi connectivity index (χ0) is 13.6. The maximum atomic E-state index is 9.75. The Hall–Kier alpha value is -1.01. The number of hydrogen-bond acceptors (Lipinski definition) is 1. The molecule has 0 aromatic carbocycles. The maximum Gasteiger partial charge on any atom is 0.673 e. The lowest BCUT2D eigenvalue weighted by Crippen LogP contribution is -2.35. The lowest BCUT2D eigenvalue weighted by molar-refractivity contribution is -0.459. The molecule has 0 N–H and O–H groups in total. The van der Waals surface area contributed by atoms with E-state index in [0.29, 0.717) is 0 Å². The zero-order valence-electron chi connectivity index (χ0n) is 10.7. The van der Waals surface area contributed by atoms with Crippen molar-refractivity contribution in [3.05, 3.63) is 11.9 Å². The number of rotatable bonds is 2. The highest BCUT2D eigenvalue weighted by Gasteiger charge is 2.20. The average molecular weight is 254 g/mol. The van der Waals surface area contributed by atoms with Gasteiger partial charge in [-0.05, 0) is 20.8 Å². The molecule has 0 fully saturated rings. The van der Waals surface area contributed by atoms with E-state index in [-0.39, 0.29) is 0 Å². The van der Waals surface area contributed by atoms with Gasteiger partial charge in [-0.3, -0.25) is 0 Å². The highest BCUT2D eigenvalue weighted by Crippen LogP contribution is 2.08. The third kappa shape index (κ3) is 7.02. The molecule has 0 atom stereocenters. The fourth-order valence-electron chi connectivity index (χ4n) is 1.63. The zero-order valence-corrected chi connectivity index (χ0v) is 10.7. The molecule has 0 spiro atoms. The first-order chi connectivity index (χ1) is 7.69. The number of allylic oxidation sites excluding steroid dienone is 1. The smallest absolute Gasteiger partial charge is 0.418 e. The molecular weight excluding hydrogens is 235 g/mol. The first-order valence-electron chi connectivity index (χ1n) is 5.58. The van der Waals surface area contributed by atoms with Crippen molar-refractivity contribution in [3.8, 4) is 0 Å². The van der Waals surface area contributed by atoms with Gasteiger partial charge in [0, 0.05) is 13.5 Å². The van der Waals surface area contributed by atoms with E-state index < -0.39 is 7.25 Å². The Labute approximate surface area is 99.7 Å². The van der Waals surface area contributed by atoms with Gasteiger partial charge in [0.1, 0.15) is 6.54 Å². The molecule has 0 aromatic heterocycles. The molecule has 0 saturated carbocycles. The third-order valence-corrected chi connectivity index (χ3v) is 2.47. The molecule has 0 aromatic rings. The molecule has 1 heterocycles. The fraction of sp³-hybridized carbons (Fsp3) is 0.700. The van der Waals surface area contributed by atoms with Crippen molar-refractivity contribution in [2.45, 2.75) is 27.7 Å². The minimum absolute atomic E-state index is 1.08. The summed E-state index contributed by atoms with van der Waals surface area (Å²) < 4.78 is 41.3. The van der Waals surface area contributed by atoms with Gasteiger partial charge in [0.05, 0.1) is 12.2 Å². The molecule has 0 aliphatic carbocycles. The van der Waals surface area contributed by atoms with Crippen LogP contribution in [0.25, 0.3) is 0 Å². The SMILES string of the molecule is CCN1CC(C)=[N+](CC)C=C1C.F[B-](F)(F)F. The molecule has 0 saturated heterocycles. The summed E-state index contributed by atoms with van der Waals surface area (Å²) in [5, 5.41) is 0. The van der Waals surface area contributed by atoms with Crippen molar-refractivity contribution in [2.24, 2.45) is 0 Å². The van der Waals surface area contributed by atoms with Crippen molar-refractivity contribution in [3.63, 3.8) is 0 Å². The molecule has 1 rings (SSSR count). The highest BCUT2D eigenvalue weighted by molar-refractivity contribution is 6.50. The molecular formula is C10H19BF4N2. The summed E-state index contributed by atoms with van der Waals surface area (Å²) >= 11 is 0. The van der Waals surface area contributed by atoms with Crippen LogP contribution in [0.3, 0.4) is 0 Å². The lowest BCUT2D eigenvalue weighted by atomic mass is 10.2. The van der Waals surface area contributed by atoms with Gasteiger partial charge in [-0.15, -0.1) is 0 Å². The Kier molecular flexibility index (Phi) is 6.27. The van der Waals surface area contributed by atoms with Crippen LogP contribution >= 0.6 is 0 Å². The van der Waals surface area contributed by atoms with E-state index in [0.717, 1.165) is 19.6 Å². The quantitative estimate of drug-likeness (QED) is 0.417. The van der Waals surface area contributed by atoms with E-state index in [2.05, 4.69) is 43.4 Å². The summed E-state index contributed by atoms with van der Waals surface area (Å²) in [7, 11) is -6.00. The number of halogens is 4. The van der Waals surface area contributed by atoms with E-state index in [1.165, 1.54) is 11.4 Å². The summed E-state index contributed by atoms with van der Waals surface area (Å²) in [5.41, 5.74) is 2.83. The van der Waals surface area contributed by atoms with E-state index in [4.69, 9.17) is 0 Å². The minimum Gasteiger partial charge on any atom is -0.418 e. The van der Waals surface area contributed by atoms with Gasteiger partial charge < -0.3 is 22.2 Å². The van der Waals surface area contributed by atoms with Gasteiger partial charge in [0.2, 0.25) is 0 Å². The van der Waals surface area contributed by atoms with Gasteiger partial charge >= 0.3 is 7.25 Å². The average Bonchev–Trinajstić information content (AvgIpc) is 2.18. The van der Waals surface area contributed by atoms with Gasteiger partial charge in [-0.25, -0.2) is 4.58 Å². The Morgan fingerprint density at radius 1 is 1.24 bits per heavy atom. The Balaban J connectivity index is 0.000000437. The second kappa shape index (κ2) is 6.66. The van der Waals surface area contributed by atoms with E-state index in [1.54, 1.807) is 0 Å². The standard InChI is InChI=1S/C10H19N2.BF4/c1-5-11-7-10(4)12(6-2)8-9(11)3;2-1(3,4)5/h7H,5-6,8H2,1-4H3;/q+1;-1. The van der Waals surface area contributed by atoms with Crippen LogP contribution in [-0.2, 0) is 0 Å². The molecule has 17 heavy (non-hydrogen) atoms. The molecule has 2 nitrogen and oxygen atoms in total. The van der Waals surface area contributed by atoms with E-state index in [1.807, 2.05) is 0 Å². The molecule has 0 amide bonds. The highest BCUT2D eigenvalue weighted by atomic mass is 19.5. The monoisotopic (exact) mass is 254 g/mol. The Bertz CT molecular complexity index is 304. The summed E-state index contributed by atoms with van der Waals surface area (Å²) in [6, 6.07) is 0. The van der Waals surface area contributed by atoms with Crippen LogP contribution in [0.4, 0.5) is 17.3 Å². The first-order valence-corrected chi connectivity index (χ1v) is 5.58. The van der Waals surface area contributed by atoms with Crippen LogP contribution in [0.5, 0.6) is 0 Å². The van der Waals surface area contributed by atoms with Crippen molar-refractivity contribution >= 4 is 13.0 Å². The topological polar surface area (TPSA) is 6.25 Å². The second-order valence-electron chi connectivity index (χ2n) is 3.80. The van der Waals surface area contributed by atoms with Crippen molar-refractivity contribution in [2.75, 3.05) is 19.6 Å². The molecule has 0 radical (unpaired) electrons. The molecule has 0 bridgehead atoms. The van der Waals surface area contributed by atoms with E-state index >= 15 is 0 Å². The van der Waals surface area contributed by atoms with Crippen LogP contribution in [0.1, 0.15) is 27.7 Å². The largest absolute Gasteiger partial charge is 0.673 e. The first kappa shape index (κ1) is 16.0. The molecule has 100 valence electrons. The fourth-order valence-corrected chi connectivity index (χ4v) is 1.63. The van der Waals surface area contributed by atoms with Crippen LogP contribution in [0.2, 0.25) is 0 Å². The van der Waals surface area contributed by atoms with Gasteiger partial charge in [-0.1, -0.05) is 0 Å². The van der Waals surface area contributed by atoms with Crippen molar-refractivity contribution in [1.82, 2.24) is 4.90 Å². The second-order valence-corrected chi connectivity index (χ2v) is 3.80. The molecule has 0 unspecified atom stereocenters. The molecule has 1 aliphatic heterocycles. The number of hydrogen-bond donors (Lipinski definition) is 0. The normalized spacial score (nSPS) is 16.5. The molecule has 7 heteroatoms. The van der Waals surface area contributed by atoms with Crippen molar-refractivity contribution < 1.29 is 21.8 Å². The van der Waals surface area contributed by atoms with Crippen LogP contribution in [0.15, 0.2) is 11.9 Å². The lowest BCUT2D eigenvalue weighted by Gasteiger charge is -2.24. The van der Waals surface area contributed by atoms with Crippen LogP contribution < -0.4 is 0 Å². The predicted molar refractivity (Wildman–Crippen MR) is 62.7 cm³/mol. The van der Waals surface area contributed by atoms with Gasteiger partial charge in [0.25, 0.3) is 0 Å². The van der Waals surface area contributed by atoms with Crippen LogP contribution in [-0.4, -0.2) is 42.1 Å². The van der Waals surface area contributed by atoms with E-state index in [9.17, 15) is 17.3 Å². The van der Waals surface area contributed by atoms with Gasteiger partial charge in [-0.2, -0.15) is 0 Å². The Morgan fingerprint density at radius 2 is 1.71 bits per heavy atom. The Morgan fingerprint density at radius 3 is 2.06 bits per heavy atom. The maximum absolute atomic E-state index is 9.75. The number of nitrogens with zero attached hydrogens (tertiary/aromatic N) is 2. The summed E-state index contributed by atoms with van der Waals surface area (Å²) in [4.78, 5) is 2.39. The van der Waals surface area contributed by atoms with Crippen LogP contribution in [0, 0.1) is 0 Å². The predicted octanol–water partition coefficient (Wildman–Crippen LogP) is 2.98. The summed E-state index contributed by atoms with van der Waals surface area (Å²) in [6.45, 7) is 12.1.